The van der Waals surface area contributed by atoms with E-state index in [0.717, 1.165) is 25.9 Å². The van der Waals surface area contributed by atoms with E-state index in [0.29, 0.717) is 62.0 Å². The van der Waals surface area contributed by atoms with Crippen molar-refractivity contribution in [3.63, 3.8) is 0 Å². The molecule has 6 aliphatic carbocycles. The lowest BCUT2D eigenvalue weighted by Gasteiger charge is -2.72. The molecule has 0 radical (unpaired) electrons. The molecule has 0 bridgehead atoms. The van der Waals surface area contributed by atoms with Crippen molar-refractivity contribution in [2.45, 2.75) is 154 Å². The molecule has 12 atom stereocenters. The zero-order chi connectivity index (χ0) is 38.4. The van der Waals surface area contributed by atoms with Crippen molar-refractivity contribution in [3.05, 3.63) is 35.5 Å². The van der Waals surface area contributed by atoms with Crippen LogP contribution in [0.3, 0.4) is 0 Å². The number of fused-ring (bicyclic) bond motifs is 7. The average Bonchev–Trinajstić information content (AvgIpc) is 3.48. The number of alkyl halides is 1. The summed E-state index contributed by atoms with van der Waals surface area (Å²) in [6, 6.07) is 0. The summed E-state index contributed by atoms with van der Waals surface area (Å²) < 4.78 is 44.7. The minimum atomic E-state index is -3.02. The average molecular weight is 755 g/mol. The van der Waals surface area contributed by atoms with Gasteiger partial charge in [0, 0.05) is 38.1 Å². The number of nitrogens with zero attached hydrogens (tertiary/aromatic N) is 1. The maximum Gasteiger partial charge on any atom is 0.293 e. The number of carbonyl (C=O) groups is 1. The number of ether oxygens (including phenoxy) is 1. The van der Waals surface area contributed by atoms with E-state index in [1.807, 2.05) is 13.8 Å². The first-order valence-electron chi connectivity index (χ1n) is 21.3. The van der Waals surface area contributed by atoms with Crippen molar-refractivity contribution >= 4 is 16.3 Å². The van der Waals surface area contributed by atoms with E-state index < -0.39 is 22.1 Å². The predicted molar refractivity (Wildman–Crippen MR) is 213 cm³/mol. The van der Waals surface area contributed by atoms with Crippen molar-refractivity contribution < 1.29 is 22.3 Å². The maximum absolute atomic E-state index is 14.0. The molecule has 1 N–H and O–H groups in total. The zero-order valence-electron chi connectivity index (χ0n) is 34.4. The summed E-state index contributed by atoms with van der Waals surface area (Å²) in [6.07, 6.45) is 17.7. The third-order valence-corrected chi connectivity index (χ3v) is 20.7. The highest BCUT2D eigenvalue weighted by molar-refractivity contribution is 7.92. The fraction of sp³-hybridized carbons (Fsp3) is 0.844. The lowest BCUT2D eigenvalue weighted by Crippen LogP contribution is -2.68. The lowest BCUT2D eigenvalue weighted by molar-refractivity contribution is -0.221. The molecule has 8 heteroatoms. The van der Waals surface area contributed by atoms with Crippen LogP contribution in [0.2, 0.25) is 0 Å². The van der Waals surface area contributed by atoms with Crippen LogP contribution in [0, 0.1) is 51.2 Å². The number of rotatable bonds is 9. The van der Waals surface area contributed by atoms with Gasteiger partial charge in [-0.05, 0) is 154 Å². The molecule has 3 unspecified atom stereocenters. The van der Waals surface area contributed by atoms with E-state index in [9.17, 15) is 17.6 Å². The van der Waals surface area contributed by atoms with Gasteiger partial charge in [0.15, 0.2) is 9.84 Å². The molecule has 6 nitrogen and oxygen atoms in total. The predicted octanol–water partition coefficient (Wildman–Crippen LogP) is 9.02. The molecule has 0 aromatic carbocycles. The highest BCUT2D eigenvalue weighted by atomic mass is 32.2. The Kier molecular flexibility index (Phi) is 10.2. The molecule has 0 aromatic rings. The topological polar surface area (TPSA) is 75.7 Å². The summed E-state index contributed by atoms with van der Waals surface area (Å²) >= 11 is 0. The first kappa shape index (κ1) is 39.7. The van der Waals surface area contributed by atoms with Gasteiger partial charge in [0.25, 0.3) is 6.47 Å². The summed E-state index contributed by atoms with van der Waals surface area (Å²) in [5.74, 6) is 3.05. The summed E-state index contributed by atoms with van der Waals surface area (Å²) in [5, 5.41) is 3.64. The number of nitrogens with one attached hydrogen (secondary N) is 1. The van der Waals surface area contributed by atoms with Crippen LogP contribution in [0.4, 0.5) is 4.39 Å². The van der Waals surface area contributed by atoms with Crippen molar-refractivity contribution in [2.24, 2.45) is 51.2 Å². The van der Waals surface area contributed by atoms with Gasteiger partial charge in [-0.2, -0.15) is 0 Å². The standard InChI is InChI=1S/C45H71FN2O4S/c1-30(2)34-14-21-45(47-24-25-48-26-31(3)53(50,51)32(4)27-48)23-22-42(8)36(39(34)45)10-11-38-41(7)17-15-35(40(5,6)37(41)16-18-43(38,42)9)33-12-19-44(28-46,20-13-33)52-29-49/h12,15,29,31-32,34,36-39,47H,1,10-11,13-14,16-28H2,2-9H3/t31?,32?,34-,36+,37-,38+,39+,41-,42+,43+,44?,45-/m0/s1. The second kappa shape index (κ2) is 13.6. The monoisotopic (exact) mass is 755 g/mol. The summed E-state index contributed by atoms with van der Waals surface area (Å²) in [7, 11) is -3.02. The fourth-order valence-electron chi connectivity index (χ4n) is 15.1. The Morgan fingerprint density at radius 3 is 2.28 bits per heavy atom. The molecule has 7 rings (SSSR count). The number of carbonyl (C=O) groups excluding carboxylic acids is 1. The van der Waals surface area contributed by atoms with Crippen LogP contribution in [-0.2, 0) is 19.4 Å². The Morgan fingerprint density at radius 1 is 0.943 bits per heavy atom. The molecule has 1 saturated heterocycles. The smallest absolute Gasteiger partial charge is 0.293 e. The largest absolute Gasteiger partial charge is 0.458 e. The number of sulfone groups is 1. The third kappa shape index (κ3) is 5.93. The van der Waals surface area contributed by atoms with Gasteiger partial charge in [0.2, 0.25) is 0 Å². The summed E-state index contributed by atoms with van der Waals surface area (Å²) in [6.45, 7) is 26.6. The molecular weight excluding hydrogens is 684 g/mol. The van der Waals surface area contributed by atoms with Gasteiger partial charge in [-0.1, -0.05) is 58.9 Å². The summed E-state index contributed by atoms with van der Waals surface area (Å²) in [4.78, 5) is 13.6. The second-order valence-corrected chi connectivity index (χ2v) is 23.5. The van der Waals surface area contributed by atoms with Crippen molar-refractivity contribution in [1.82, 2.24) is 10.2 Å². The second-order valence-electron chi connectivity index (χ2n) is 20.7. The van der Waals surface area contributed by atoms with Gasteiger partial charge >= 0.3 is 0 Å². The first-order chi connectivity index (χ1) is 24.8. The van der Waals surface area contributed by atoms with E-state index in [2.05, 4.69) is 70.5 Å². The highest BCUT2D eigenvalue weighted by Crippen LogP contribution is 2.76. The van der Waals surface area contributed by atoms with Gasteiger partial charge in [-0.25, -0.2) is 12.8 Å². The number of hydrogen-bond acceptors (Lipinski definition) is 6. The Balaban J connectivity index is 1.12. The molecule has 5 fully saturated rings. The molecular formula is C45H71FN2O4S. The van der Waals surface area contributed by atoms with E-state index >= 15 is 0 Å². The van der Waals surface area contributed by atoms with E-state index in [1.165, 1.54) is 68.1 Å². The fourth-order valence-corrected chi connectivity index (χ4v) is 16.8. The molecule has 0 spiro atoms. The number of hydrogen-bond donors (Lipinski definition) is 1. The summed E-state index contributed by atoms with van der Waals surface area (Å²) in [5.41, 5.74) is 4.07. The van der Waals surface area contributed by atoms with Gasteiger partial charge in [-0.15, -0.1) is 0 Å². The quantitative estimate of drug-likeness (QED) is 0.187. The number of halogens is 1. The number of allylic oxidation sites excluding steroid dienone is 4. The highest BCUT2D eigenvalue weighted by Gasteiger charge is 2.70. The van der Waals surface area contributed by atoms with Crippen LogP contribution in [0.25, 0.3) is 0 Å². The van der Waals surface area contributed by atoms with Crippen LogP contribution in [0.1, 0.15) is 132 Å². The molecule has 53 heavy (non-hydrogen) atoms. The van der Waals surface area contributed by atoms with Crippen LogP contribution in [0.15, 0.2) is 35.5 Å². The van der Waals surface area contributed by atoms with Gasteiger partial charge in [-0.3, -0.25) is 9.69 Å². The van der Waals surface area contributed by atoms with Crippen LogP contribution in [-0.4, -0.2) is 74.3 Å². The van der Waals surface area contributed by atoms with Crippen LogP contribution < -0.4 is 5.32 Å². The van der Waals surface area contributed by atoms with E-state index in [1.54, 1.807) is 0 Å². The van der Waals surface area contributed by atoms with E-state index in [4.69, 9.17) is 4.74 Å². The van der Waals surface area contributed by atoms with Crippen LogP contribution in [0.5, 0.6) is 0 Å². The Hall–Kier alpha value is -1.51. The zero-order valence-corrected chi connectivity index (χ0v) is 35.2. The minimum Gasteiger partial charge on any atom is -0.458 e. The normalized spacial score (nSPS) is 47.5. The third-order valence-electron chi connectivity index (χ3n) is 18.2. The van der Waals surface area contributed by atoms with Crippen molar-refractivity contribution in [3.8, 4) is 0 Å². The molecule has 7 aliphatic rings. The van der Waals surface area contributed by atoms with Crippen molar-refractivity contribution in [2.75, 3.05) is 32.9 Å². The maximum atomic E-state index is 14.0. The first-order valence-corrected chi connectivity index (χ1v) is 22.9. The lowest BCUT2D eigenvalue weighted by atomic mass is 9.33. The molecule has 0 aromatic heterocycles. The molecule has 4 saturated carbocycles. The molecule has 1 heterocycles. The molecule has 298 valence electrons. The molecule has 0 amide bonds. The Labute approximate surface area is 321 Å². The van der Waals surface area contributed by atoms with Gasteiger partial charge in [0.05, 0.1) is 10.5 Å². The minimum absolute atomic E-state index is 0.0232. The van der Waals surface area contributed by atoms with Gasteiger partial charge in [0.1, 0.15) is 12.3 Å². The SMILES string of the molecule is C=C(C)[C@@H]1CC[C@]2(NCCN3CC(C)S(=O)(=O)C(C)C3)CC[C@]3(C)[C@H](CC[C@@H]4[C@@]5(C)CC=C(C6=CCC(CF)(OC=O)CC6)C(C)(C)[C@@H]5CC[C@]43C)[C@@H]12. The van der Waals surface area contributed by atoms with E-state index in [-0.39, 0.29) is 37.7 Å². The molecule has 1 aliphatic heterocycles. The van der Waals surface area contributed by atoms with Gasteiger partial charge < -0.3 is 10.1 Å². The van der Waals surface area contributed by atoms with Crippen molar-refractivity contribution in [1.29, 1.82) is 0 Å². The van der Waals surface area contributed by atoms with Crippen LogP contribution >= 0.6 is 0 Å². The Morgan fingerprint density at radius 2 is 1.66 bits per heavy atom. The Bertz CT molecular complexity index is 1620.